The van der Waals surface area contributed by atoms with Gasteiger partial charge in [0.15, 0.2) is 0 Å². The molecule has 4 nitrogen and oxygen atoms in total. The molecule has 0 atom stereocenters. The number of ether oxygens (including phenoxy) is 2. The highest BCUT2D eigenvalue weighted by Gasteiger charge is 2.26. The molecule has 1 aromatic rings. The van der Waals surface area contributed by atoms with E-state index >= 15 is 0 Å². The van der Waals surface area contributed by atoms with Crippen LogP contribution in [0.5, 0.6) is 5.75 Å². The van der Waals surface area contributed by atoms with Gasteiger partial charge >= 0.3 is 6.09 Å². The SMILES string of the molecule is COc1cc(Br)cc(CC2CCN(C(=O)OC(C)(C)C)CC2)c1. The molecule has 1 aliphatic rings. The maximum Gasteiger partial charge on any atom is 0.410 e. The summed E-state index contributed by atoms with van der Waals surface area (Å²) in [4.78, 5) is 13.9. The molecule has 0 spiro atoms. The third kappa shape index (κ3) is 5.72. The number of hydrogen-bond acceptors (Lipinski definition) is 3. The van der Waals surface area contributed by atoms with Gasteiger partial charge in [-0.3, -0.25) is 0 Å². The van der Waals surface area contributed by atoms with Crippen molar-refractivity contribution in [3.05, 3.63) is 28.2 Å². The highest BCUT2D eigenvalue weighted by Crippen LogP contribution is 2.27. The van der Waals surface area contributed by atoms with E-state index in [2.05, 4.69) is 28.1 Å². The highest BCUT2D eigenvalue weighted by molar-refractivity contribution is 9.10. The summed E-state index contributed by atoms with van der Waals surface area (Å²) in [6, 6.07) is 6.20. The molecule has 1 aromatic carbocycles. The van der Waals surface area contributed by atoms with E-state index in [1.165, 1.54) is 5.56 Å². The van der Waals surface area contributed by atoms with E-state index in [0.717, 1.165) is 42.6 Å². The Morgan fingerprint density at radius 3 is 2.48 bits per heavy atom. The molecule has 1 fully saturated rings. The minimum absolute atomic E-state index is 0.194. The van der Waals surface area contributed by atoms with E-state index in [9.17, 15) is 4.79 Å². The summed E-state index contributed by atoms with van der Waals surface area (Å²) in [5.74, 6) is 1.47. The zero-order chi connectivity index (χ0) is 17.0. The molecule has 0 radical (unpaired) electrons. The lowest BCUT2D eigenvalue weighted by Crippen LogP contribution is -2.42. The minimum Gasteiger partial charge on any atom is -0.497 e. The topological polar surface area (TPSA) is 38.8 Å². The van der Waals surface area contributed by atoms with Crippen molar-refractivity contribution in [3.63, 3.8) is 0 Å². The Kier molecular flexibility index (Phi) is 5.95. The van der Waals surface area contributed by atoms with E-state index in [0.29, 0.717) is 5.92 Å². The number of hydrogen-bond donors (Lipinski definition) is 0. The zero-order valence-corrected chi connectivity index (χ0v) is 16.0. The Bertz CT molecular complexity index is 546. The van der Waals surface area contributed by atoms with Gasteiger partial charge in [0.05, 0.1) is 7.11 Å². The van der Waals surface area contributed by atoms with Gasteiger partial charge in [-0.15, -0.1) is 0 Å². The predicted octanol–water partition coefficient (Wildman–Crippen LogP) is 4.65. The molecular formula is C18H26BrNO3. The van der Waals surface area contributed by atoms with Gasteiger partial charge in [0.1, 0.15) is 11.4 Å². The molecule has 1 saturated heterocycles. The molecule has 0 unspecified atom stereocenters. The maximum absolute atomic E-state index is 12.1. The van der Waals surface area contributed by atoms with Crippen molar-refractivity contribution in [1.29, 1.82) is 0 Å². The van der Waals surface area contributed by atoms with E-state index in [1.807, 2.05) is 31.7 Å². The lowest BCUT2D eigenvalue weighted by molar-refractivity contribution is 0.0184. The standard InChI is InChI=1S/C18H26BrNO3/c1-18(2,3)23-17(21)20-7-5-13(6-8-20)9-14-10-15(19)12-16(11-14)22-4/h10-13H,5-9H2,1-4H3. The van der Waals surface area contributed by atoms with Crippen LogP contribution in [0.25, 0.3) is 0 Å². The molecule has 0 N–H and O–H groups in total. The van der Waals surface area contributed by atoms with Crippen LogP contribution in [0, 0.1) is 5.92 Å². The summed E-state index contributed by atoms with van der Waals surface area (Å²) < 4.78 is 11.8. The second-order valence-corrected chi connectivity index (χ2v) is 8.03. The lowest BCUT2D eigenvalue weighted by Gasteiger charge is -2.33. The van der Waals surface area contributed by atoms with E-state index < -0.39 is 5.60 Å². The van der Waals surface area contributed by atoms with Crippen LogP contribution >= 0.6 is 15.9 Å². The van der Waals surface area contributed by atoms with Gasteiger partial charge < -0.3 is 14.4 Å². The highest BCUT2D eigenvalue weighted by atomic mass is 79.9. The first-order valence-corrected chi connectivity index (χ1v) is 8.87. The van der Waals surface area contributed by atoms with E-state index in [-0.39, 0.29) is 6.09 Å². The quantitative estimate of drug-likeness (QED) is 0.762. The number of benzene rings is 1. The van der Waals surface area contributed by atoms with E-state index in [1.54, 1.807) is 7.11 Å². The number of halogens is 1. The Morgan fingerprint density at radius 2 is 1.91 bits per heavy atom. The normalized spacial score (nSPS) is 16.3. The van der Waals surface area contributed by atoms with Crippen molar-refractivity contribution in [3.8, 4) is 5.75 Å². The molecule has 128 valence electrons. The average molecular weight is 384 g/mol. The number of carbonyl (C=O) groups excluding carboxylic acids is 1. The summed E-state index contributed by atoms with van der Waals surface area (Å²) in [6.45, 7) is 7.24. The first-order valence-electron chi connectivity index (χ1n) is 8.08. The van der Waals surface area contributed by atoms with Gasteiger partial charge in [0, 0.05) is 17.6 Å². The molecule has 1 amide bonds. The average Bonchev–Trinajstić information content (AvgIpc) is 2.45. The summed E-state index contributed by atoms with van der Waals surface area (Å²) in [7, 11) is 1.69. The van der Waals surface area contributed by atoms with Crippen LogP contribution in [0.15, 0.2) is 22.7 Å². The molecular weight excluding hydrogens is 358 g/mol. The number of carbonyl (C=O) groups is 1. The number of amides is 1. The van der Waals surface area contributed by atoms with Crippen LogP contribution in [0.4, 0.5) is 4.79 Å². The second kappa shape index (κ2) is 7.56. The van der Waals surface area contributed by atoms with Crippen LogP contribution in [0.3, 0.4) is 0 Å². The summed E-state index contributed by atoms with van der Waals surface area (Å²) >= 11 is 3.53. The summed E-state index contributed by atoms with van der Waals surface area (Å²) in [5.41, 5.74) is 0.841. The number of likely N-dealkylation sites (tertiary alicyclic amines) is 1. The summed E-state index contributed by atoms with van der Waals surface area (Å²) in [5, 5.41) is 0. The molecule has 0 bridgehead atoms. The fraction of sp³-hybridized carbons (Fsp3) is 0.611. The van der Waals surface area contributed by atoms with Crippen LogP contribution in [0.2, 0.25) is 0 Å². The van der Waals surface area contributed by atoms with Crippen LogP contribution in [-0.4, -0.2) is 36.8 Å². The second-order valence-electron chi connectivity index (χ2n) is 7.11. The van der Waals surface area contributed by atoms with E-state index in [4.69, 9.17) is 9.47 Å². The van der Waals surface area contributed by atoms with Gasteiger partial charge in [-0.05, 0) is 69.7 Å². The Hall–Kier alpha value is -1.23. The molecule has 0 saturated carbocycles. The molecule has 0 aliphatic carbocycles. The number of rotatable bonds is 3. The van der Waals surface area contributed by atoms with Crippen molar-refractivity contribution >= 4 is 22.0 Å². The van der Waals surface area contributed by atoms with Crippen molar-refractivity contribution in [2.24, 2.45) is 5.92 Å². The number of nitrogens with zero attached hydrogens (tertiary/aromatic N) is 1. The van der Waals surface area contributed by atoms with Crippen LogP contribution in [0.1, 0.15) is 39.2 Å². The fourth-order valence-corrected chi connectivity index (χ4v) is 3.36. The van der Waals surface area contributed by atoms with Crippen LogP contribution in [-0.2, 0) is 11.2 Å². The first kappa shape index (κ1) is 18.1. The maximum atomic E-state index is 12.1. The predicted molar refractivity (Wildman–Crippen MR) is 94.9 cm³/mol. The Labute approximate surface area is 147 Å². The summed E-state index contributed by atoms with van der Waals surface area (Å²) in [6.07, 6.45) is 2.83. The van der Waals surface area contributed by atoms with Crippen molar-refractivity contribution < 1.29 is 14.3 Å². The molecule has 23 heavy (non-hydrogen) atoms. The third-order valence-corrected chi connectivity index (χ3v) is 4.42. The van der Waals surface area contributed by atoms with Gasteiger partial charge in [-0.1, -0.05) is 15.9 Å². The van der Waals surface area contributed by atoms with Crippen LogP contribution < -0.4 is 4.74 Å². The smallest absolute Gasteiger partial charge is 0.410 e. The molecule has 2 rings (SSSR count). The van der Waals surface area contributed by atoms with Gasteiger partial charge in [-0.25, -0.2) is 4.79 Å². The number of piperidine rings is 1. The lowest BCUT2D eigenvalue weighted by atomic mass is 9.90. The number of methoxy groups -OCH3 is 1. The van der Waals surface area contributed by atoms with Gasteiger partial charge in [0.25, 0.3) is 0 Å². The van der Waals surface area contributed by atoms with Crippen molar-refractivity contribution in [1.82, 2.24) is 4.90 Å². The van der Waals surface area contributed by atoms with Crippen molar-refractivity contribution in [2.45, 2.75) is 45.6 Å². The molecule has 5 heteroatoms. The molecule has 1 heterocycles. The first-order chi connectivity index (χ1) is 10.8. The Balaban J connectivity index is 1.87. The molecule has 0 aromatic heterocycles. The Morgan fingerprint density at radius 1 is 1.26 bits per heavy atom. The van der Waals surface area contributed by atoms with Gasteiger partial charge in [-0.2, -0.15) is 0 Å². The molecule has 1 aliphatic heterocycles. The third-order valence-electron chi connectivity index (χ3n) is 3.96. The zero-order valence-electron chi connectivity index (χ0n) is 14.4. The minimum atomic E-state index is -0.430. The van der Waals surface area contributed by atoms with Crippen molar-refractivity contribution in [2.75, 3.05) is 20.2 Å². The monoisotopic (exact) mass is 383 g/mol. The largest absolute Gasteiger partial charge is 0.497 e. The van der Waals surface area contributed by atoms with Gasteiger partial charge in [0.2, 0.25) is 0 Å². The fourth-order valence-electron chi connectivity index (χ4n) is 2.84.